The molecule has 2 aromatic carbocycles. The lowest BCUT2D eigenvalue weighted by Gasteiger charge is -2.29. The summed E-state index contributed by atoms with van der Waals surface area (Å²) in [5.74, 6) is -2.75. The maximum Gasteiger partial charge on any atom is 0.490 e. The first-order valence-electron chi connectivity index (χ1n) is 9.30. The van der Waals surface area contributed by atoms with Crippen molar-refractivity contribution < 1.29 is 27.9 Å². The number of alkyl halides is 3. The molecule has 8 nitrogen and oxygen atoms in total. The van der Waals surface area contributed by atoms with Gasteiger partial charge in [0, 0.05) is 26.7 Å². The van der Waals surface area contributed by atoms with Gasteiger partial charge in [-0.1, -0.05) is 30.3 Å². The summed E-state index contributed by atoms with van der Waals surface area (Å²) in [4.78, 5) is 23.6. The number of benzene rings is 2. The fourth-order valence-electron chi connectivity index (χ4n) is 3.32. The van der Waals surface area contributed by atoms with Gasteiger partial charge in [-0.05, 0) is 28.8 Å². The smallest absolute Gasteiger partial charge is 0.475 e. The number of hydrogen-bond acceptors (Lipinski definition) is 5. The van der Waals surface area contributed by atoms with Crippen LogP contribution in [0.1, 0.15) is 22.6 Å². The molecule has 0 saturated carbocycles. The van der Waals surface area contributed by atoms with Crippen LogP contribution < -0.4 is 5.32 Å². The van der Waals surface area contributed by atoms with E-state index in [1.165, 1.54) is 5.56 Å². The molecule has 0 saturated heterocycles. The van der Waals surface area contributed by atoms with Crippen molar-refractivity contribution in [1.82, 2.24) is 25.6 Å². The maximum atomic E-state index is 12.9. The van der Waals surface area contributed by atoms with E-state index < -0.39 is 12.1 Å². The molecular weight excluding hydrogens is 415 g/mol. The highest BCUT2D eigenvalue weighted by molar-refractivity contribution is 5.84. The molecule has 3 aromatic rings. The summed E-state index contributed by atoms with van der Waals surface area (Å²) in [5.41, 5.74) is 5.04. The number of H-pyrrole nitrogens is 1. The maximum absolute atomic E-state index is 12.9. The number of likely N-dealkylation sites (N-methyl/N-ethyl adjacent to an activating group) is 1. The van der Waals surface area contributed by atoms with Gasteiger partial charge in [-0.2, -0.15) is 28.6 Å². The molecule has 1 amide bonds. The largest absolute Gasteiger partial charge is 0.490 e. The number of nitrogens with zero attached hydrogens (tertiary/aromatic N) is 3. The van der Waals surface area contributed by atoms with Crippen molar-refractivity contribution in [2.24, 2.45) is 0 Å². The van der Waals surface area contributed by atoms with Crippen LogP contribution in [0.15, 0.2) is 42.5 Å². The van der Waals surface area contributed by atoms with Crippen LogP contribution in [0.4, 0.5) is 13.2 Å². The molecule has 11 heteroatoms. The summed E-state index contributed by atoms with van der Waals surface area (Å²) in [7, 11) is 1.85. The van der Waals surface area contributed by atoms with Gasteiger partial charge in [-0.15, -0.1) is 0 Å². The van der Waals surface area contributed by atoms with Crippen LogP contribution in [-0.4, -0.2) is 57.1 Å². The van der Waals surface area contributed by atoms with E-state index in [4.69, 9.17) is 9.90 Å². The number of hydrogen-bond donors (Lipinski definition) is 3. The topological polar surface area (TPSA) is 111 Å². The molecule has 1 unspecified atom stereocenters. The fourth-order valence-corrected chi connectivity index (χ4v) is 3.32. The number of aliphatic carboxylic acids is 1. The second-order valence-corrected chi connectivity index (χ2v) is 7.03. The van der Waals surface area contributed by atoms with Crippen LogP contribution in [0.25, 0.3) is 11.0 Å². The first-order valence-corrected chi connectivity index (χ1v) is 9.30. The summed E-state index contributed by atoms with van der Waals surface area (Å²) < 4.78 is 31.7. The van der Waals surface area contributed by atoms with Crippen LogP contribution in [-0.2, 0) is 22.7 Å². The van der Waals surface area contributed by atoms with Gasteiger partial charge in [-0.25, -0.2) is 4.79 Å². The average molecular weight is 435 g/mol. The van der Waals surface area contributed by atoms with E-state index in [0.717, 1.165) is 28.7 Å². The number of halogens is 3. The molecule has 1 atom stereocenters. The van der Waals surface area contributed by atoms with Crippen molar-refractivity contribution in [3.8, 4) is 0 Å². The molecule has 0 fully saturated rings. The Morgan fingerprint density at radius 3 is 2.55 bits per heavy atom. The van der Waals surface area contributed by atoms with Crippen LogP contribution >= 0.6 is 0 Å². The lowest BCUT2D eigenvalue weighted by Crippen LogP contribution is -2.39. The summed E-state index contributed by atoms with van der Waals surface area (Å²) in [6, 6.07) is 14.0. The molecule has 0 radical (unpaired) electrons. The van der Waals surface area contributed by atoms with Gasteiger partial charge in [0.15, 0.2) is 0 Å². The van der Waals surface area contributed by atoms with E-state index >= 15 is 0 Å². The quantitative estimate of drug-likeness (QED) is 0.583. The Balaban J connectivity index is 0.000000339. The number of rotatable bonds is 3. The van der Waals surface area contributed by atoms with Crippen LogP contribution in [0.5, 0.6) is 0 Å². The Bertz CT molecular complexity index is 1080. The second-order valence-electron chi connectivity index (χ2n) is 7.03. The van der Waals surface area contributed by atoms with Crippen molar-refractivity contribution in [2.75, 3.05) is 13.6 Å². The molecule has 0 aliphatic carbocycles. The number of carboxylic acids is 1. The lowest BCUT2D eigenvalue weighted by atomic mass is 9.90. The zero-order valence-electron chi connectivity index (χ0n) is 16.5. The van der Waals surface area contributed by atoms with Crippen molar-refractivity contribution in [3.05, 3.63) is 59.2 Å². The van der Waals surface area contributed by atoms with E-state index in [0.29, 0.717) is 13.1 Å². The number of amides is 1. The van der Waals surface area contributed by atoms with Crippen molar-refractivity contribution in [3.63, 3.8) is 0 Å². The standard InChI is InChI=1S/C18H19N5O.C2HF3O2/c1-23(11-12-6-7-16-17(8-12)21-22-20-16)18(24)15-10-19-9-13-4-2-3-5-14(13)15;3-2(4,5)1(6)7/h2-8,15,19H,9-11H2,1H3,(H,20,21,22);(H,6,7). The second kappa shape index (κ2) is 9.13. The van der Waals surface area contributed by atoms with E-state index in [1.807, 2.05) is 37.4 Å². The third-order valence-corrected chi connectivity index (χ3v) is 4.81. The summed E-state index contributed by atoms with van der Waals surface area (Å²) in [5, 5.41) is 21.2. The minimum Gasteiger partial charge on any atom is -0.475 e. The molecule has 3 N–H and O–H groups in total. The van der Waals surface area contributed by atoms with Gasteiger partial charge in [0.1, 0.15) is 11.0 Å². The van der Waals surface area contributed by atoms with Crippen LogP contribution in [0, 0.1) is 0 Å². The highest BCUT2D eigenvalue weighted by Gasteiger charge is 2.38. The van der Waals surface area contributed by atoms with Gasteiger partial charge >= 0.3 is 12.1 Å². The SMILES string of the molecule is CN(Cc1ccc2n[nH]nc2c1)C(=O)C1CNCc2ccccc21.O=C(O)C(F)(F)F. The molecule has 1 aliphatic rings. The number of aromatic nitrogens is 3. The molecular formula is C20H20F3N5O3. The van der Waals surface area contributed by atoms with Crippen molar-refractivity contribution >= 4 is 22.9 Å². The fraction of sp³-hybridized carbons (Fsp3) is 0.300. The number of aromatic amines is 1. The summed E-state index contributed by atoms with van der Waals surface area (Å²) in [6.45, 7) is 2.06. The molecule has 4 rings (SSSR count). The van der Waals surface area contributed by atoms with E-state index in [1.54, 1.807) is 4.90 Å². The molecule has 2 heterocycles. The number of carboxylic acid groups (broad SMARTS) is 1. The van der Waals surface area contributed by atoms with E-state index in [-0.39, 0.29) is 11.8 Å². The van der Waals surface area contributed by atoms with Crippen molar-refractivity contribution in [2.45, 2.75) is 25.2 Å². The number of nitrogens with one attached hydrogen (secondary N) is 2. The Morgan fingerprint density at radius 1 is 1.16 bits per heavy atom. The first kappa shape index (κ1) is 22.2. The monoisotopic (exact) mass is 435 g/mol. The molecule has 0 bridgehead atoms. The third-order valence-electron chi connectivity index (χ3n) is 4.81. The zero-order chi connectivity index (χ0) is 22.6. The van der Waals surface area contributed by atoms with Crippen molar-refractivity contribution in [1.29, 1.82) is 0 Å². The van der Waals surface area contributed by atoms with Crippen LogP contribution in [0.3, 0.4) is 0 Å². The van der Waals surface area contributed by atoms with Gasteiger partial charge in [0.25, 0.3) is 0 Å². The minimum absolute atomic E-state index is 0.129. The van der Waals surface area contributed by atoms with Gasteiger partial charge in [0.05, 0.1) is 5.92 Å². The lowest BCUT2D eigenvalue weighted by molar-refractivity contribution is -0.192. The Labute approximate surface area is 175 Å². The molecule has 1 aliphatic heterocycles. The normalized spacial score (nSPS) is 15.5. The Morgan fingerprint density at radius 2 is 1.84 bits per heavy atom. The number of carbonyl (C=O) groups excluding carboxylic acids is 1. The van der Waals surface area contributed by atoms with E-state index in [9.17, 15) is 18.0 Å². The molecule has 1 aromatic heterocycles. The highest BCUT2D eigenvalue weighted by Crippen LogP contribution is 2.26. The van der Waals surface area contributed by atoms with Crippen LogP contribution in [0.2, 0.25) is 0 Å². The zero-order valence-corrected chi connectivity index (χ0v) is 16.5. The predicted octanol–water partition coefficient (Wildman–Crippen LogP) is 2.44. The van der Waals surface area contributed by atoms with Gasteiger partial charge < -0.3 is 15.3 Å². The number of carbonyl (C=O) groups is 2. The Kier molecular flexibility index (Phi) is 6.54. The van der Waals surface area contributed by atoms with Gasteiger partial charge in [0.2, 0.25) is 5.91 Å². The average Bonchev–Trinajstić information content (AvgIpc) is 3.20. The minimum atomic E-state index is -5.08. The van der Waals surface area contributed by atoms with Gasteiger partial charge in [-0.3, -0.25) is 4.79 Å². The predicted molar refractivity (Wildman–Crippen MR) is 105 cm³/mol. The summed E-state index contributed by atoms with van der Waals surface area (Å²) >= 11 is 0. The first-order chi connectivity index (χ1) is 14.7. The number of fused-ring (bicyclic) bond motifs is 2. The molecule has 31 heavy (non-hydrogen) atoms. The highest BCUT2D eigenvalue weighted by atomic mass is 19.4. The molecule has 164 valence electrons. The Hall–Kier alpha value is -3.47. The summed E-state index contributed by atoms with van der Waals surface area (Å²) in [6.07, 6.45) is -5.08. The molecule has 0 spiro atoms. The third kappa shape index (κ3) is 5.37. The van der Waals surface area contributed by atoms with E-state index in [2.05, 4.69) is 32.9 Å².